The molecule has 0 fully saturated rings. The molecule has 1 aliphatic rings. The van der Waals surface area contributed by atoms with Gasteiger partial charge in [0, 0.05) is 6.54 Å². The van der Waals surface area contributed by atoms with Crippen LogP contribution >= 0.6 is 11.8 Å². The number of amides is 2. The predicted molar refractivity (Wildman–Crippen MR) is 81.0 cm³/mol. The summed E-state index contributed by atoms with van der Waals surface area (Å²) in [4.78, 5) is 36.5. The maximum absolute atomic E-state index is 12.2. The zero-order valence-corrected chi connectivity index (χ0v) is 12.6. The zero-order chi connectivity index (χ0) is 15.4. The molecule has 1 heterocycles. The van der Waals surface area contributed by atoms with E-state index < -0.39 is 5.97 Å². The summed E-state index contributed by atoms with van der Waals surface area (Å²) in [6.45, 7) is 0.392. The maximum atomic E-state index is 12.2. The van der Waals surface area contributed by atoms with Crippen molar-refractivity contribution in [2.75, 3.05) is 18.6 Å². The number of carbonyl (C=O) groups is 3. The quantitative estimate of drug-likeness (QED) is 0.619. The summed E-state index contributed by atoms with van der Waals surface area (Å²) >= 11 is 1.78. The molecule has 2 amide bonds. The third-order valence-corrected chi connectivity index (χ3v) is 4.14. The second-order valence-corrected chi connectivity index (χ2v) is 5.87. The number of carboxylic acid groups (broad SMARTS) is 1. The number of thioether (sulfide) groups is 1. The van der Waals surface area contributed by atoms with Crippen molar-refractivity contribution >= 4 is 29.5 Å². The normalized spacial score (nSPS) is 13.7. The molecular weight excluding hydrogens is 290 g/mol. The van der Waals surface area contributed by atoms with Crippen LogP contribution < -0.4 is 0 Å². The van der Waals surface area contributed by atoms with Crippen LogP contribution in [0.3, 0.4) is 0 Å². The van der Waals surface area contributed by atoms with Gasteiger partial charge in [-0.05, 0) is 43.0 Å². The summed E-state index contributed by atoms with van der Waals surface area (Å²) in [7, 11) is 0. The third kappa shape index (κ3) is 3.26. The summed E-state index contributed by atoms with van der Waals surface area (Å²) in [5.41, 5.74) is 0.523. The predicted octanol–water partition coefficient (Wildman–Crippen LogP) is 2.51. The average molecular weight is 307 g/mol. The third-order valence-electron chi connectivity index (χ3n) is 3.45. The van der Waals surface area contributed by atoms with Crippen molar-refractivity contribution in [3.8, 4) is 0 Å². The Balaban J connectivity index is 2.06. The number of fused-ring (bicyclic) bond motifs is 1. The molecule has 6 heteroatoms. The van der Waals surface area contributed by atoms with Crippen molar-refractivity contribution in [1.29, 1.82) is 0 Å². The number of benzene rings is 1. The smallest absolute Gasteiger partial charge is 0.335 e. The Hall–Kier alpha value is -1.82. The molecule has 21 heavy (non-hydrogen) atoms. The van der Waals surface area contributed by atoms with Crippen LogP contribution in [0.2, 0.25) is 0 Å². The highest BCUT2D eigenvalue weighted by molar-refractivity contribution is 7.98. The lowest BCUT2D eigenvalue weighted by atomic mass is 10.1. The highest BCUT2D eigenvalue weighted by Crippen LogP contribution is 2.24. The minimum absolute atomic E-state index is 0.0247. The Morgan fingerprint density at radius 1 is 1.14 bits per heavy atom. The lowest BCUT2D eigenvalue weighted by Gasteiger charge is -2.13. The summed E-state index contributed by atoms with van der Waals surface area (Å²) < 4.78 is 0. The molecular formula is C15H17NO4S. The van der Waals surface area contributed by atoms with Gasteiger partial charge in [0.1, 0.15) is 0 Å². The standard InChI is InChI=1S/C15H17NO4S/c1-21-8-4-2-3-7-16-13(17)11-6-5-10(15(19)20)9-12(11)14(16)18/h5-6,9H,2-4,7-8H2,1H3,(H,19,20). The van der Waals surface area contributed by atoms with Crippen LogP contribution in [0.1, 0.15) is 50.3 Å². The van der Waals surface area contributed by atoms with Crippen LogP contribution in [0.4, 0.5) is 0 Å². The first kappa shape index (κ1) is 15.6. The molecule has 0 saturated carbocycles. The Kier molecular flexibility index (Phi) is 5.01. The fraction of sp³-hybridized carbons (Fsp3) is 0.400. The monoisotopic (exact) mass is 307 g/mol. The molecule has 1 aliphatic heterocycles. The number of carboxylic acids is 1. The summed E-state index contributed by atoms with van der Waals surface area (Å²) in [5.74, 6) is -0.738. The minimum Gasteiger partial charge on any atom is -0.478 e. The van der Waals surface area contributed by atoms with Gasteiger partial charge < -0.3 is 5.11 Å². The maximum Gasteiger partial charge on any atom is 0.335 e. The molecule has 0 unspecified atom stereocenters. The molecule has 1 aromatic rings. The Morgan fingerprint density at radius 3 is 2.52 bits per heavy atom. The van der Waals surface area contributed by atoms with Gasteiger partial charge in [0.2, 0.25) is 0 Å². The van der Waals surface area contributed by atoms with E-state index in [1.807, 2.05) is 6.26 Å². The van der Waals surface area contributed by atoms with E-state index in [2.05, 4.69) is 0 Å². The molecule has 0 aromatic heterocycles. The topological polar surface area (TPSA) is 74.7 Å². The first-order valence-electron chi connectivity index (χ1n) is 6.78. The van der Waals surface area contributed by atoms with E-state index in [4.69, 9.17) is 5.11 Å². The molecule has 1 aromatic carbocycles. The first-order valence-corrected chi connectivity index (χ1v) is 8.18. The van der Waals surface area contributed by atoms with Gasteiger partial charge in [0.25, 0.3) is 11.8 Å². The fourth-order valence-electron chi connectivity index (χ4n) is 2.32. The van der Waals surface area contributed by atoms with E-state index in [1.54, 1.807) is 11.8 Å². The minimum atomic E-state index is -1.10. The largest absolute Gasteiger partial charge is 0.478 e. The molecule has 1 N–H and O–H groups in total. The Bertz CT molecular complexity index is 585. The summed E-state index contributed by atoms with van der Waals surface area (Å²) in [6, 6.07) is 4.06. The van der Waals surface area contributed by atoms with Crippen LogP contribution in [-0.2, 0) is 0 Å². The van der Waals surface area contributed by atoms with E-state index in [9.17, 15) is 14.4 Å². The van der Waals surface area contributed by atoms with Gasteiger partial charge in [-0.1, -0.05) is 6.42 Å². The molecule has 2 rings (SSSR count). The molecule has 0 spiro atoms. The van der Waals surface area contributed by atoms with Gasteiger partial charge in [-0.15, -0.1) is 0 Å². The molecule has 5 nitrogen and oxygen atoms in total. The number of imide groups is 1. The van der Waals surface area contributed by atoms with Crippen molar-refractivity contribution in [3.05, 3.63) is 34.9 Å². The van der Waals surface area contributed by atoms with Crippen LogP contribution in [0, 0.1) is 0 Å². The van der Waals surface area contributed by atoms with Crippen molar-refractivity contribution < 1.29 is 19.5 Å². The van der Waals surface area contributed by atoms with Crippen LogP contribution in [0.25, 0.3) is 0 Å². The van der Waals surface area contributed by atoms with Gasteiger partial charge >= 0.3 is 5.97 Å². The van der Waals surface area contributed by atoms with E-state index in [0.717, 1.165) is 25.0 Å². The van der Waals surface area contributed by atoms with Crippen LogP contribution in [0.15, 0.2) is 18.2 Å². The first-order chi connectivity index (χ1) is 10.1. The molecule has 0 radical (unpaired) electrons. The number of unbranched alkanes of at least 4 members (excludes halogenated alkanes) is 2. The van der Waals surface area contributed by atoms with Crippen molar-refractivity contribution in [2.24, 2.45) is 0 Å². The van der Waals surface area contributed by atoms with Crippen molar-refractivity contribution in [3.63, 3.8) is 0 Å². The van der Waals surface area contributed by atoms with Gasteiger partial charge in [0.15, 0.2) is 0 Å². The van der Waals surface area contributed by atoms with Crippen LogP contribution in [-0.4, -0.2) is 46.3 Å². The SMILES string of the molecule is CSCCCCCN1C(=O)c2ccc(C(=O)O)cc2C1=O. The van der Waals surface area contributed by atoms with Crippen molar-refractivity contribution in [1.82, 2.24) is 4.90 Å². The Labute approximate surface area is 127 Å². The second-order valence-electron chi connectivity index (χ2n) is 4.88. The van der Waals surface area contributed by atoms with Gasteiger partial charge in [-0.3, -0.25) is 14.5 Å². The number of hydrogen-bond donors (Lipinski definition) is 1. The second kappa shape index (κ2) is 6.76. The highest BCUT2D eigenvalue weighted by Gasteiger charge is 2.35. The van der Waals surface area contributed by atoms with Gasteiger partial charge in [-0.25, -0.2) is 4.79 Å². The lowest BCUT2D eigenvalue weighted by Crippen LogP contribution is -2.30. The summed E-state index contributed by atoms with van der Waals surface area (Å²) in [6.07, 6.45) is 4.85. The van der Waals surface area contributed by atoms with E-state index in [-0.39, 0.29) is 22.9 Å². The highest BCUT2D eigenvalue weighted by atomic mass is 32.2. The number of nitrogens with zero attached hydrogens (tertiary/aromatic N) is 1. The van der Waals surface area contributed by atoms with Crippen molar-refractivity contribution in [2.45, 2.75) is 19.3 Å². The average Bonchev–Trinajstić information content (AvgIpc) is 2.71. The molecule has 112 valence electrons. The summed E-state index contributed by atoms with van der Waals surface area (Å²) in [5, 5.41) is 8.95. The molecule has 0 atom stereocenters. The number of hydrogen-bond acceptors (Lipinski definition) is 4. The zero-order valence-electron chi connectivity index (χ0n) is 11.8. The Morgan fingerprint density at radius 2 is 1.86 bits per heavy atom. The lowest BCUT2D eigenvalue weighted by molar-refractivity contribution is 0.0650. The van der Waals surface area contributed by atoms with E-state index in [1.165, 1.54) is 23.1 Å². The molecule has 0 saturated heterocycles. The number of rotatable bonds is 7. The molecule has 0 bridgehead atoms. The van der Waals surface area contributed by atoms with Gasteiger partial charge in [0.05, 0.1) is 16.7 Å². The van der Waals surface area contributed by atoms with E-state index >= 15 is 0 Å². The molecule has 0 aliphatic carbocycles. The van der Waals surface area contributed by atoms with Gasteiger partial charge in [-0.2, -0.15) is 11.8 Å². The van der Waals surface area contributed by atoms with E-state index in [0.29, 0.717) is 12.1 Å². The number of aromatic carboxylic acids is 1. The van der Waals surface area contributed by atoms with Crippen LogP contribution in [0.5, 0.6) is 0 Å². The number of carbonyl (C=O) groups excluding carboxylic acids is 2. The fourth-order valence-corrected chi connectivity index (χ4v) is 2.81.